The third kappa shape index (κ3) is 9.87. The smallest absolute Gasteiger partial charge is 0.325 e. The van der Waals surface area contributed by atoms with E-state index in [1.165, 1.54) is 26.2 Å². The third-order valence-electron chi connectivity index (χ3n) is 2.81. The summed E-state index contributed by atoms with van der Waals surface area (Å²) >= 11 is 0. The van der Waals surface area contributed by atoms with Crippen molar-refractivity contribution in [3.8, 4) is 0 Å². The molecule has 0 rings (SSSR count). The summed E-state index contributed by atoms with van der Waals surface area (Å²) in [7, 11) is 0. The molecular weight excluding hydrogens is 230 g/mol. The van der Waals surface area contributed by atoms with Gasteiger partial charge in [-0.25, -0.2) is 0 Å². The van der Waals surface area contributed by atoms with E-state index < -0.39 is 12.0 Å². The Morgan fingerprint density at radius 1 is 1.17 bits per heavy atom. The fourth-order valence-electron chi connectivity index (χ4n) is 1.66. The predicted molar refractivity (Wildman–Crippen MR) is 72.4 cm³/mol. The summed E-state index contributed by atoms with van der Waals surface area (Å²) in [6.45, 7) is 5.15. The van der Waals surface area contributed by atoms with Crippen LogP contribution in [0.15, 0.2) is 12.7 Å². The van der Waals surface area contributed by atoms with Gasteiger partial charge in [0, 0.05) is 6.42 Å². The number of allylic oxidation sites excluding steroid dienone is 1. The van der Waals surface area contributed by atoms with Crippen molar-refractivity contribution in [1.82, 2.24) is 5.32 Å². The Balaban J connectivity index is 3.35. The zero-order valence-corrected chi connectivity index (χ0v) is 11.3. The van der Waals surface area contributed by atoms with Crippen LogP contribution in [0.25, 0.3) is 0 Å². The molecule has 4 heteroatoms. The van der Waals surface area contributed by atoms with E-state index in [2.05, 4.69) is 11.9 Å². The van der Waals surface area contributed by atoms with Crippen LogP contribution in [-0.2, 0) is 9.59 Å². The maximum atomic E-state index is 11.3. The Morgan fingerprint density at radius 2 is 1.72 bits per heavy atom. The maximum Gasteiger partial charge on any atom is 0.325 e. The molecule has 0 aliphatic rings. The van der Waals surface area contributed by atoms with Gasteiger partial charge in [0.15, 0.2) is 0 Å². The highest BCUT2D eigenvalue weighted by atomic mass is 16.4. The van der Waals surface area contributed by atoms with E-state index in [9.17, 15) is 9.59 Å². The molecule has 0 aromatic rings. The van der Waals surface area contributed by atoms with Crippen LogP contribution < -0.4 is 5.32 Å². The van der Waals surface area contributed by atoms with Gasteiger partial charge in [-0.15, -0.1) is 6.58 Å². The summed E-state index contributed by atoms with van der Waals surface area (Å²) in [4.78, 5) is 21.9. The van der Waals surface area contributed by atoms with Crippen LogP contribution in [0.1, 0.15) is 58.3 Å². The normalized spacial score (nSPS) is 11.8. The first-order chi connectivity index (χ1) is 8.57. The van der Waals surface area contributed by atoms with Crippen LogP contribution >= 0.6 is 0 Å². The molecule has 4 nitrogen and oxygen atoms in total. The number of carboxylic acids is 1. The third-order valence-corrected chi connectivity index (χ3v) is 2.81. The van der Waals surface area contributed by atoms with Gasteiger partial charge in [-0.2, -0.15) is 0 Å². The summed E-state index contributed by atoms with van der Waals surface area (Å²) in [6, 6.07) is -0.795. The molecule has 0 heterocycles. The minimum atomic E-state index is -0.995. The van der Waals surface area contributed by atoms with Crippen molar-refractivity contribution in [3.63, 3.8) is 0 Å². The summed E-state index contributed by atoms with van der Waals surface area (Å²) in [6.07, 6.45) is 10.0. The number of hydrogen-bond acceptors (Lipinski definition) is 2. The average molecular weight is 255 g/mol. The Labute approximate surface area is 109 Å². The standard InChI is InChI=1S/C14H25NO3/c1-3-4-5-6-7-8-9-10-11-13(16)15-12(2)14(17)18/h3,12H,1,4-11H2,2H3,(H,15,16)(H,17,18)/t12-/m0/s1. The number of rotatable bonds is 11. The Morgan fingerprint density at radius 3 is 2.28 bits per heavy atom. The van der Waals surface area contributed by atoms with Gasteiger partial charge in [0.25, 0.3) is 0 Å². The van der Waals surface area contributed by atoms with Gasteiger partial charge < -0.3 is 10.4 Å². The molecule has 0 saturated heterocycles. The first-order valence-corrected chi connectivity index (χ1v) is 6.71. The van der Waals surface area contributed by atoms with Gasteiger partial charge in [0.2, 0.25) is 5.91 Å². The van der Waals surface area contributed by atoms with E-state index in [1.54, 1.807) is 0 Å². The first kappa shape index (κ1) is 16.7. The van der Waals surface area contributed by atoms with Crippen molar-refractivity contribution in [3.05, 3.63) is 12.7 Å². The Hall–Kier alpha value is -1.32. The lowest BCUT2D eigenvalue weighted by atomic mass is 10.1. The van der Waals surface area contributed by atoms with E-state index in [0.717, 1.165) is 25.7 Å². The average Bonchev–Trinajstić information content (AvgIpc) is 2.32. The highest BCUT2D eigenvalue weighted by Gasteiger charge is 2.12. The van der Waals surface area contributed by atoms with Crippen molar-refractivity contribution in [2.45, 2.75) is 64.3 Å². The molecular formula is C14H25NO3. The molecule has 0 saturated carbocycles. The second kappa shape index (κ2) is 10.8. The molecule has 0 aliphatic carbocycles. The minimum Gasteiger partial charge on any atom is -0.480 e. The lowest BCUT2D eigenvalue weighted by molar-refractivity contribution is -0.141. The highest BCUT2D eigenvalue weighted by molar-refractivity contribution is 5.83. The van der Waals surface area contributed by atoms with Crippen LogP contribution in [0.5, 0.6) is 0 Å². The SMILES string of the molecule is C=CCCCCCCCCC(=O)N[C@@H](C)C(=O)O. The predicted octanol–water partition coefficient (Wildman–Crippen LogP) is 2.88. The van der Waals surface area contributed by atoms with Crippen molar-refractivity contribution in [2.75, 3.05) is 0 Å². The number of hydrogen-bond donors (Lipinski definition) is 2. The van der Waals surface area contributed by atoms with Crippen LogP contribution in [-0.4, -0.2) is 23.0 Å². The van der Waals surface area contributed by atoms with E-state index in [-0.39, 0.29) is 5.91 Å². The van der Waals surface area contributed by atoms with Gasteiger partial charge in [0.05, 0.1) is 0 Å². The number of aliphatic carboxylic acids is 1. The van der Waals surface area contributed by atoms with E-state index in [4.69, 9.17) is 5.11 Å². The van der Waals surface area contributed by atoms with Crippen LogP contribution in [0, 0.1) is 0 Å². The van der Waals surface area contributed by atoms with Crippen LogP contribution in [0.2, 0.25) is 0 Å². The molecule has 0 unspecified atom stereocenters. The minimum absolute atomic E-state index is 0.170. The molecule has 0 spiro atoms. The summed E-state index contributed by atoms with van der Waals surface area (Å²) in [5.41, 5.74) is 0. The van der Waals surface area contributed by atoms with Crippen molar-refractivity contribution < 1.29 is 14.7 Å². The van der Waals surface area contributed by atoms with Crippen LogP contribution in [0.3, 0.4) is 0 Å². The zero-order chi connectivity index (χ0) is 13.8. The number of amides is 1. The number of carbonyl (C=O) groups excluding carboxylic acids is 1. The topological polar surface area (TPSA) is 66.4 Å². The van der Waals surface area contributed by atoms with Gasteiger partial charge in [-0.05, 0) is 26.2 Å². The summed E-state index contributed by atoms with van der Waals surface area (Å²) in [5.74, 6) is -1.16. The summed E-state index contributed by atoms with van der Waals surface area (Å²) < 4.78 is 0. The van der Waals surface area contributed by atoms with Gasteiger partial charge >= 0.3 is 5.97 Å². The molecule has 0 bridgehead atoms. The Kier molecular flexibility index (Phi) is 10.0. The second-order valence-electron chi connectivity index (χ2n) is 4.58. The van der Waals surface area contributed by atoms with Gasteiger partial charge in [-0.1, -0.05) is 31.8 Å². The quantitative estimate of drug-likeness (QED) is 0.440. The fraction of sp³-hybridized carbons (Fsp3) is 0.714. The maximum absolute atomic E-state index is 11.3. The fourth-order valence-corrected chi connectivity index (χ4v) is 1.66. The molecule has 0 aromatic carbocycles. The lowest BCUT2D eigenvalue weighted by Crippen LogP contribution is -2.38. The molecule has 1 atom stereocenters. The number of nitrogens with one attached hydrogen (secondary N) is 1. The van der Waals surface area contributed by atoms with E-state index in [0.29, 0.717) is 6.42 Å². The van der Waals surface area contributed by atoms with Gasteiger partial charge in [0.1, 0.15) is 6.04 Å². The van der Waals surface area contributed by atoms with Crippen molar-refractivity contribution in [2.24, 2.45) is 0 Å². The molecule has 0 aromatic heterocycles. The Bertz CT molecular complexity index is 264. The monoisotopic (exact) mass is 255 g/mol. The molecule has 2 N–H and O–H groups in total. The molecule has 1 amide bonds. The largest absolute Gasteiger partial charge is 0.480 e. The van der Waals surface area contributed by atoms with Gasteiger partial charge in [-0.3, -0.25) is 9.59 Å². The highest BCUT2D eigenvalue weighted by Crippen LogP contribution is 2.08. The van der Waals surface area contributed by atoms with Crippen LogP contribution in [0.4, 0.5) is 0 Å². The first-order valence-electron chi connectivity index (χ1n) is 6.71. The van der Waals surface area contributed by atoms with E-state index >= 15 is 0 Å². The number of carboxylic acid groups (broad SMARTS) is 1. The number of carbonyl (C=O) groups is 2. The second-order valence-corrected chi connectivity index (χ2v) is 4.58. The molecule has 0 aliphatic heterocycles. The van der Waals surface area contributed by atoms with E-state index in [1.807, 2.05) is 6.08 Å². The number of unbranched alkanes of at least 4 members (excludes halogenated alkanes) is 6. The summed E-state index contributed by atoms with van der Waals surface area (Å²) in [5, 5.41) is 11.1. The van der Waals surface area contributed by atoms with Crippen molar-refractivity contribution in [1.29, 1.82) is 0 Å². The molecule has 104 valence electrons. The molecule has 0 radical (unpaired) electrons. The molecule has 0 fully saturated rings. The van der Waals surface area contributed by atoms with Crippen molar-refractivity contribution >= 4 is 11.9 Å². The molecule has 18 heavy (non-hydrogen) atoms. The lowest BCUT2D eigenvalue weighted by Gasteiger charge is -2.08. The zero-order valence-electron chi connectivity index (χ0n) is 11.3.